The average molecular weight is 377 g/mol. The SMILES string of the molecule is C[C@@H]1Oc2ccccc2O[C@@H]1C(=O)N(C)Cc1cnn(Cc2ccccc2)c1. The lowest BCUT2D eigenvalue weighted by Gasteiger charge is -2.33. The zero-order valence-electron chi connectivity index (χ0n) is 16.0. The van der Waals surface area contributed by atoms with E-state index in [0.717, 1.165) is 5.56 Å². The number of benzene rings is 2. The minimum absolute atomic E-state index is 0.113. The van der Waals surface area contributed by atoms with E-state index < -0.39 is 6.10 Å². The fourth-order valence-electron chi connectivity index (χ4n) is 3.30. The van der Waals surface area contributed by atoms with Crippen molar-refractivity contribution in [3.63, 3.8) is 0 Å². The molecule has 1 aliphatic rings. The molecule has 2 aromatic carbocycles. The maximum absolute atomic E-state index is 12.9. The summed E-state index contributed by atoms with van der Waals surface area (Å²) in [7, 11) is 1.77. The largest absolute Gasteiger partial charge is 0.482 e. The molecule has 0 spiro atoms. The first-order valence-corrected chi connectivity index (χ1v) is 9.33. The number of ether oxygens (including phenoxy) is 2. The van der Waals surface area contributed by atoms with Gasteiger partial charge in [0.25, 0.3) is 5.91 Å². The number of fused-ring (bicyclic) bond motifs is 1. The van der Waals surface area contributed by atoms with Crippen molar-refractivity contribution in [2.45, 2.75) is 32.2 Å². The van der Waals surface area contributed by atoms with Crippen molar-refractivity contribution in [2.24, 2.45) is 0 Å². The van der Waals surface area contributed by atoms with E-state index >= 15 is 0 Å². The summed E-state index contributed by atoms with van der Waals surface area (Å²) in [5.74, 6) is 1.16. The summed E-state index contributed by atoms with van der Waals surface area (Å²) in [6.45, 7) is 3.01. The van der Waals surface area contributed by atoms with Gasteiger partial charge in [0.15, 0.2) is 11.5 Å². The van der Waals surface area contributed by atoms with Gasteiger partial charge in [0, 0.05) is 25.4 Å². The van der Waals surface area contributed by atoms with E-state index in [0.29, 0.717) is 24.6 Å². The molecule has 3 aromatic rings. The number of nitrogens with zero attached hydrogens (tertiary/aromatic N) is 3. The number of carbonyl (C=O) groups is 1. The van der Waals surface area contributed by atoms with Gasteiger partial charge in [-0.15, -0.1) is 0 Å². The molecule has 6 nitrogen and oxygen atoms in total. The van der Waals surface area contributed by atoms with Crippen molar-refractivity contribution in [3.8, 4) is 11.5 Å². The fourth-order valence-corrected chi connectivity index (χ4v) is 3.30. The molecule has 1 amide bonds. The summed E-state index contributed by atoms with van der Waals surface area (Å²) in [5, 5.41) is 4.40. The highest BCUT2D eigenvalue weighted by atomic mass is 16.6. The normalized spacial score (nSPS) is 17.9. The summed E-state index contributed by atoms with van der Waals surface area (Å²) >= 11 is 0. The zero-order chi connectivity index (χ0) is 19.5. The number of hydrogen-bond donors (Lipinski definition) is 0. The molecular weight excluding hydrogens is 354 g/mol. The van der Waals surface area contributed by atoms with Gasteiger partial charge in [0.05, 0.1) is 12.7 Å². The minimum atomic E-state index is -0.667. The molecule has 0 unspecified atom stereocenters. The van der Waals surface area contributed by atoms with Crippen LogP contribution in [0, 0.1) is 0 Å². The summed E-state index contributed by atoms with van der Waals surface area (Å²) in [6, 6.07) is 17.6. The van der Waals surface area contributed by atoms with Crippen molar-refractivity contribution >= 4 is 5.91 Å². The number of para-hydroxylation sites is 2. The topological polar surface area (TPSA) is 56.6 Å². The van der Waals surface area contributed by atoms with Gasteiger partial charge in [0.1, 0.15) is 6.10 Å². The van der Waals surface area contributed by atoms with Gasteiger partial charge in [0.2, 0.25) is 6.10 Å². The molecule has 2 heterocycles. The Balaban J connectivity index is 1.40. The van der Waals surface area contributed by atoms with E-state index in [9.17, 15) is 4.79 Å². The second-order valence-corrected chi connectivity index (χ2v) is 7.03. The Hall–Kier alpha value is -3.28. The Morgan fingerprint density at radius 2 is 1.71 bits per heavy atom. The quantitative estimate of drug-likeness (QED) is 0.686. The molecule has 0 bridgehead atoms. The number of hydrogen-bond acceptors (Lipinski definition) is 4. The Bertz CT molecular complexity index is 954. The summed E-state index contributed by atoms with van der Waals surface area (Å²) in [5.41, 5.74) is 2.15. The van der Waals surface area contributed by atoms with Crippen LogP contribution in [0.5, 0.6) is 11.5 Å². The van der Waals surface area contributed by atoms with E-state index in [4.69, 9.17) is 9.47 Å². The van der Waals surface area contributed by atoms with E-state index in [1.165, 1.54) is 5.56 Å². The van der Waals surface area contributed by atoms with Crippen molar-refractivity contribution in [1.29, 1.82) is 0 Å². The molecule has 144 valence electrons. The summed E-state index contributed by atoms with van der Waals surface area (Å²) < 4.78 is 13.6. The van der Waals surface area contributed by atoms with Crippen LogP contribution >= 0.6 is 0 Å². The second kappa shape index (κ2) is 7.76. The Labute approximate surface area is 164 Å². The second-order valence-electron chi connectivity index (χ2n) is 7.03. The van der Waals surface area contributed by atoms with Crippen LogP contribution in [0.4, 0.5) is 0 Å². The van der Waals surface area contributed by atoms with E-state index in [1.54, 1.807) is 18.1 Å². The number of rotatable bonds is 5. The lowest BCUT2D eigenvalue weighted by Crippen LogP contribution is -2.49. The smallest absolute Gasteiger partial charge is 0.267 e. The lowest BCUT2D eigenvalue weighted by atomic mass is 10.1. The minimum Gasteiger partial charge on any atom is -0.482 e. The first-order chi connectivity index (χ1) is 13.6. The van der Waals surface area contributed by atoms with Crippen molar-refractivity contribution in [2.75, 3.05) is 7.05 Å². The predicted octanol–water partition coefficient (Wildman–Crippen LogP) is 3.12. The molecule has 0 fully saturated rings. The van der Waals surface area contributed by atoms with E-state index in [2.05, 4.69) is 17.2 Å². The van der Waals surface area contributed by atoms with Crippen LogP contribution in [0.15, 0.2) is 67.0 Å². The van der Waals surface area contributed by atoms with Crippen molar-refractivity contribution < 1.29 is 14.3 Å². The van der Waals surface area contributed by atoms with Gasteiger partial charge in [-0.3, -0.25) is 9.48 Å². The van der Waals surface area contributed by atoms with Crippen LogP contribution in [-0.4, -0.2) is 39.8 Å². The molecule has 0 aliphatic carbocycles. The third-order valence-electron chi connectivity index (χ3n) is 4.76. The molecule has 0 saturated carbocycles. The number of amides is 1. The van der Waals surface area contributed by atoms with Gasteiger partial charge in [-0.25, -0.2) is 0 Å². The van der Waals surface area contributed by atoms with Gasteiger partial charge in [-0.05, 0) is 24.6 Å². The molecule has 0 radical (unpaired) electrons. The monoisotopic (exact) mass is 377 g/mol. The Kier molecular flexibility index (Phi) is 5.02. The molecular formula is C22H23N3O3. The molecule has 1 aliphatic heterocycles. The highest BCUT2D eigenvalue weighted by Gasteiger charge is 2.35. The Morgan fingerprint density at radius 3 is 2.46 bits per heavy atom. The van der Waals surface area contributed by atoms with Gasteiger partial charge in [-0.1, -0.05) is 42.5 Å². The van der Waals surface area contributed by atoms with Crippen LogP contribution in [0.25, 0.3) is 0 Å². The first kappa shape index (κ1) is 18.1. The molecule has 0 N–H and O–H groups in total. The third kappa shape index (κ3) is 3.86. The number of aromatic nitrogens is 2. The van der Waals surface area contributed by atoms with Gasteiger partial charge in [-0.2, -0.15) is 5.10 Å². The van der Waals surface area contributed by atoms with Crippen LogP contribution in [0.2, 0.25) is 0 Å². The van der Waals surface area contributed by atoms with Crippen molar-refractivity contribution in [3.05, 3.63) is 78.1 Å². The van der Waals surface area contributed by atoms with Crippen LogP contribution < -0.4 is 9.47 Å². The maximum Gasteiger partial charge on any atom is 0.267 e. The Morgan fingerprint density at radius 1 is 1.04 bits per heavy atom. The average Bonchev–Trinajstić information content (AvgIpc) is 3.14. The predicted molar refractivity (Wildman–Crippen MR) is 105 cm³/mol. The number of carbonyl (C=O) groups excluding carboxylic acids is 1. The lowest BCUT2D eigenvalue weighted by molar-refractivity contribution is -0.143. The highest BCUT2D eigenvalue weighted by Crippen LogP contribution is 2.33. The van der Waals surface area contributed by atoms with E-state index in [1.807, 2.05) is 60.3 Å². The zero-order valence-corrected chi connectivity index (χ0v) is 16.0. The molecule has 4 rings (SSSR count). The molecule has 1 aromatic heterocycles. The summed E-state index contributed by atoms with van der Waals surface area (Å²) in [4.78, 5) is 14.6. The van der Waals surface area contributed by atoms with Crippen LogP contribution in [0.1, 0.15) is 18.1 Å². The molecule has 0 saturated heterocycles. The standard InChI is InChI=1S/C22H23N3O3/c1-16-21(28-20-11-7-6-10-19(20)27-16)22(26)24(2)13-18-12-23-25(15-18)14-17-8-4-3-5-9-17/h3-12,15-16,21H,13-14H2,1-2H3/t16-,21-/m0/s1. The molecule has 28 heavy (non-hydrogen) atoms. The molecule has 6 heteroatoms. The molecule has 2 atom stereocenters. The van der Waals surface area contributed by atoms with E-state index in [-0.39, 0.29) is 12.0 Å². The van der Waals surface area contributed by atoms with Crippen LogP contribution in [-0.2, 0) is 17.9 Å². The fraction of sp³-hybridized carbons (Fsp3) is 0.273. The summed E-state index contributed by atoms with van der Waals surface area (Å²) in [6.07, 6.45) is 2.74. The third-order valence-corrected chi connectivity index (χ3v) is 4.76. The maximum atomic E-state index is 12.9. The van der Waals surface area contributed by atoms with Crippen LogP contribution in [0.3, 0.4) is 0 Å². The highest BCUT2D eigenvalue weighted by molar-refractivity contribution is 5.82. The van der Waals surface area contributed by atoms with Crippen molar-refractivity contribution in [1.82, 2.24) is 14.7 Å². The van der Waals surface area contributed by atoms with Gasteiger partial charge < -0.3 is 14.4 Å². The number of likely N-dealkylation sites (N-methyl/N-ethyl adjacent to an activating group) is 1. The first-order valence-electron chi connectivity index (χ1n) is 9.33. The van der Waals surface area contributed by atoms with Gasteiger partial charge >= 0.3 is 0 Å².